The lowest BCUT2D eigenvalue weighted by atomic mass is 10.1. The number of amides is 2. The lowest BCUT2D eigenvalue weighted by molar-refractivity contribution is -0.141. The molecule has 0 saturated carbocycles. The van der Waals surface area contributed by atoms with Gasteiger partial charge in [0.15, 0.2) is 0 Å². The standard InChI is InChI=1S/C28H41N3O4S/c1-7-17-29-28(33)26(8-2)30(20-24-13-10-9-12-22(24)4)27(32)14-11-18-31(36(6,34)35)25-16-15-21(3)23(5)19-25/h9-10,12-13,15-16,19,26H,7-8,11,14,17-18,20H2,1-6H3,(H,29,33)/t26-/m0/s1. The number of aryl methyl sites for hydroxylation is 3. The Balaban J connectivity index is 2.23. The maximum Gasteiger partial charge on any atom is 0.242 e. The van der Waals surface area contributed by atoms with Gasteiger partial charge in [0.1, 0.15) is 6.04 Å². The Kier molecular flexibility index (Phi) is 11.0. The monoisotopic (exact) mass is 515 g/mol. The highest BCUT2D eigenvalue weighted by Gasteiger charge is 2.29. The SMILES string of the molecule is CCCNC(=O)[C@H](CC)N(Cc1ccccc1C)C(=O)CCCN(c1ccc(C)c(C)c1)S(C)(=O)=O. The predicted octanol–water partition coefficient (Wildman–Crippen LogP) is 4.49. The van der Waals surface area contributed by atoms with Crippen molar-refractivity contribution in [3.63, 3.8) is 0 Å². The van der Waals surface area contributed by atoms with E-state index < -0.39 is 16.1 Å². The van der Waals surface area contributed by atoms with Gasteiger partial charge in [-0.15, -0.1) is 0 Å². The molecule has 7 nitrogen and oxygen atoms in total. The molecule has 0 aromatic heterocycles. The van der Waals surface area contributed by atoms with Crippen LogP contribution in [0.25, 0.3) is 0 Å². The molecule has 0 fully saturated rings. The number of nitrogens with one attached hydrogen (secondary N) is 1. The fourth-order valence-electron chi connectivity index (χ4n) is 4.14. The Labute approximate surface area is 216 Å². The minimum absolute atomic E-state index is 0.139. The number of carbonyl (C=O) groups is 2. The van der Waals surface area contributed by atoms with Gasteiger partial charge in [0.25, 0.3) is 0 Å². The third-order valence-corrected chi connectivity index (χ3v) is 7.66. The second-order valence-corrected chi connectivity index (χ2v) is 11.3. The summed E-state index contributed by atoms with van der Waals surface area (Å²) < 4.78 is 26.4. The first kappa shape index (κ1) is 29.4. The third kappa shape index (κ3) is 8.08. The Morgan fingerprint density at radius 1 is 0.972 bits per heavy atom. The van der Waals surface area contributed by atoms with Gasteiger partial charge in [-0.2, -0.15) is 0 Å². The van der Waals surface area contributed by atoms with Crippen LogP contribution in [0.15, 0.2) is 42.5 Å². The molecule has 8 heteroatoms. The van der Waals surface area contributed by atoms with E-state index in [0.717, 1.165) is 28.7 Å². The van der Waals surface area contributed by atoms with Crippen molar-refractivity contribution in [2.75, 3.05) is 23.7 Å². The van der Waals surface area contributed by atoms with Crippen LogP contribution >= 0.6 is 0 Å². The first-order valence-electron chi connectivity index (χ1n) is 12.7. The van der Waals surface area contributed by atoms with Crippen molar-refractivity contribution in [1.29, 1.82) is 0 Å². The van der Waals surface area contributed by atoms with Crippen LogP contribution in [0, 0.1) is 20.8 Å². The summed E-state index contributed by atoms with van der Waals surface area (Å²) in [5, 5.41) is 2.92. The van der Waals surface area contributed by atoms with Crippen LogP contribution in [0.4, 0.5) is 5.69 Å². The number of carbonyl (C=O) groups excluding carboxylic acids is 2. The summed E-state index contributed by atoms with van der Waals surface area (Å²) in [4.78, 5) is 28.0. The van der Waals surface area contributed by atoms with Crippen LogP contribution in [0.1, 0.15) is 61.8 Å². The van der Waals surface area contributed by atoms with E-state index in [1.54, 1.807) is 11.0 Å². The van der Waals surface area contributed by atoms with Gasteiger partial charge >= 0.3 is 0 Å². The van der Waals surface area contributed by atoms with Gasteiger partial charge in [-0.25, -0.2) is 8.42 Å². The Bertz CT molecular complexity index is 1150. The normalized spacial score (nSPS) is 12.2. The fraction of sp³-hybridized carbons (Fsp3) is 0.500. The van der Waals surface area contributed by atoms with Crippen molar-refractivity contribution in [2.24, 2.45) is 0 Å². The molecule has 0 heterocycles. The minimum atomic E-state index is -3.52. The zero-order chi connectivity index (χ0) is 26.9. The molecule has 1 atom stereocenters. The van der Waals surface area contributed by atoms with Gasteiger partial charge < -0.3 is 10.2 Å². The molecule has 0 radical (unpaired) electrons. The van der Waals surface area contributed by atoms with E-state index >= 15 is 0 Å². The zero-order valence-electron chi connectivity index (χ0n) is 22.5. The molecule has 0 aliphatic heterocycles. The van der Waals surface area contributed by atoms with Crippen LogP contribution in [0.3, 0.4) is 0 Å². The molecular weight excluding hydrogens is 474 g/mol. The number of rotatable bonds is 13. The van der Waals surface area contributed by atoms with E-state index in [1.165, 1.54) is 10.6 Å². The smallest absolute Gasteiger partial charge is 0.242 e. The van der Waals surface area contributed by atoms with Crippen LogP contribution in [-0.2, 0) is 26.2 Å². The molecule has 1 N–H and O–H groups in total. The highest BCUT2D eigenvalue weighted by molar-refractivity contribution is 7.92. The zero-order valence-corrected chi connectivity index (χ0v) is 23.3. The van der Waals surface area contributed by atoms with E-state index in [0.29, 0.717) is 31.6 Å². The van der Waals surface area contributed by atoms with Gasteiger partial charge in [0.2, 0.25) is 21.8 Å². The summed E-state index contributed by atoms with van der Waals surface area (Å²) in [7, 11) is -3.52. The molecule has 198 valence electrons. The highest BCUT2D eigenvalue weighted by atomic mass is 32.2. The maximum atomic E-state index is 13.5. The molecule has 0 saturated heterocycles. The van der Waals surface area contributed by atoms with Gasteiger partial charge in [0, 0.05) is 26.1 Å². The molecule has 0 unspecified atom stereocenters. The van der Waals surface area contributed by atoms with E-state index in [-0.39, 0.29) is 24.8 Å². The largest absolute Gasteiger partial charge is 0.354 e. The van der Waals surface area contributed by atoms with E-state index in [1.807, 2.05) is 71.0 Å². The Hall–Kier alpha value is -2.87. The molecule has 2 amide bonds. The Morgan fingerprint density at radius 2 is 1.67 bits per heavy atom. The van der Waals surface area contributed by atoms with Crippen molar-refractivity contribution >= 4 is 27.5 Å². The highest BCUT2D eigenvalue weighted by Crippen LogP contribution is 2.23. The van der Waals surface area contributed by atoms with Gasteiger partial charge in [-0.3, -0.25) is 13.9 Å². The molecule has 0 bridgehead atoms. The fourth-order valence-corrected chi connectivity index (χ4v) is 5.10. The van der Waals surface area contributed by atoms with Crippen LogP contribution in [0.5, 0.6) is 0 Å². The minimum Gasteiger partial charge on any atom is -0.354 e. The second kappa shape index (κ2) is 13.4. The second-order valence-electron chi connectivity index (χ2n) is 9.37. The van der Waals surface area contributed by atoms with Crippen molar-refractivity contribution in [1.82, 2.24) is 10.2 Å². The summed E-state index contributed by atoms with van der Waals surface area (Å²) in [6, 6.07) is 12.8. The number of anilines is 1. The van der Waals surface area contributed by atoms with Gasteiger partial charge in [-0.1, -0.05) is 44.2 Å². The molecule has 2 aromatic carbocycles. The molecule has 2 rings (SSSR count). The summed E-state index contributed by atoms with van der Waals surface area (Å²) in [5.74, 6) is -0.320. The molecular formula is C28H41N3O4S. The van der Waals surface area contributed by atoms with Crippen molar-refractivity contribution in [3.05, 3.63) is 64.7 Å². The number of hydrogen-bond acceptors (Lipinski definition) is 4. The lowest BCUT2D eigenvalue weighted by Crippen LogP contribution is -2.49. The summed E-state index contributed by atoms with van der Waals surface area (Å²) in [6.45, 7) is 10.9. The average Bonchev–Trinajstić information content (AvgIpc) is 2.82. The summed E-state index contributed by atoms with van der Waals surface area (Å²) >= 11 is 0. The maximum absolute atomic E-state index is 13.5. The topological polar surface area (TPSA) is 86.8 Å². The van der Waals surface area contributed by atoms with Gasteiger partial charge in [0.05, 0.1) is 11.9 Å². The lowest BCUT2D eigenvalue weighted by Gasteiger charge is -2.31. The number of sulfonamides is 1. The predicted molar refractivity (Wildman–Crippen MR) is 146 cm³/mol. The number of benzene rings is 2. The van der Waals surface area contributed by atoms with Gasteiger partial charge in [-0.05, 0) is 74.4 Å². The summed E-state index contributed by atoms with van der Waals surface area (Å²) in [6.07, 6.45) is 2.97. The Morgan fingerprint density at radius 3 is 2.25 bits per heavy atom. The van der Waals surface area contributed by atoms with Crippen molar-refractivity contribution in [3.8, 4) is 0 Å². The quantitative estimate of drug-likeness (QED) is 0.426. The molecule has 0 aliphatic rings. The summed E-state index contributed by atoms with van der Waals surface area (Å²) in [5.41, 5.74) is 4.72. The number of hydrogen-bond donors (Lipinski definition) is 1. The first-order chi connectivity index (χ1) is 17.0. The molecule has 0 aliphatic carbocycles. The van der Waals surface area contributed by atoms with Crippen molar-refractivity contribution in [2.45, 2.75) is 72.9 Å². The van der Waals surface area contributed by atoms with Crippen molar-refractivity contribution < 1.29 is 18.0 Å². The van der Waals surface area contributed by atoms with Crippen LogP contribution in [-0.4, -0.2) is 50.5 Å². The van der Waals surface area contributed by atoms with Crippen LogP contribution in [0.2, 0.25) is 0 Å². The molecule has 2 aromatic rings. The first-order valence-corrected chi connectivity index (χ1v) is 14.5. The molecule has 0 spiro atoms. The molecule has 36 heavy (non-hydrogen) atoms. The third-order valence-electron chi connectivity index (χ3n) is 6.47. The van der Waals surface area contributed by atoms with Crippen LogP contribution < -0.4 is 9.62 Å². The van der Waals surface area contributed by atoms with E-state index in [2.05, 4.69) is 5.32 Å². The van der Waals surface area contributed by atoms with E-state index in [4.69, 9.17) is 0 Å². The average molecular weight is 516 g/mol. The number of nitrogens with zero attached hydrogens (tertiary/aromatic N) is 2. The van der Waals surface area contributed by atoms with E-state index in [9.17, 15) is 18.0 Å².